The highest BCUT2D eigenvalue weighted by Crippen LogP contribution is 2.20. The van der Waals surface area contributed by atoms with Crippen molar-refractivity contribution in [2.45, 2.75) is 52.1 Å². The third kappa shape index (κ3) is 4.20. The molecular weight excluding hydrogens is 190 g/mol. The molecule has 0 aromatic rings. The number of hydrogen-bond donors (Lipinski definition) is 0. The molecule has 1 fully saturated rings. The molecule has 3 heteroatoms. The minimum atomic E-state index is 0.220. The summed E-state index contributed by atoms with van der Waals surface area (Å²) in [7, 11) is 0. The standard InChI is InChI=1S/C12H23NO2/c1-3-13(4-2)12(14)9-10-15-11-7-5-6-8-11/h11H,3-10H2,1-2H3. The van der Waals surface area contributed by atoms with Crippen LogP contribution in [0.25, 0.3) is 0 Å². The second kappa shape index (κ2) is 6.83. The first-order valence-electron chi connectivity index (χ1n) is 6.17. The summed E-state index contributed by atoms with van der Waals surface area (Å²) < 4.78 is 5.67. The first-order valence-corrected chi connectivity index (χ1v) is 6.17. The van der Waals surface area contributed by atoms with E-state index in [-0.39, 0.29) is 5.91 Å². The van der Waals surface area contributed by atoms with Crippen molar-refractivity contribution in [3.63, 3.8) is 0 Å². The lowest BCUT2D eigenvalue weighted by molar-refractivity contribution is -0.132. The highest BCUT2D eigenvalue weighted by Gasteiger charge is 2.16. The normalized spacial score (nSPS) is 16.9. The lowest BCUT2D eigenvalue weighted by Crippen LogP contribution is -2.31. The molecule has 0 radical (unpaired) electrons. The van der Waals surface area contributed by atoms with Crippen LogP contribution in [0.2, 0.25) is 0 Å². The Morgan fingerprint density at radius 2 is 1.87 bits per heavy atom. The minimum absolute atomic E-state index is 0.220. The summed E-state index contributed by atoms with van der Waals surface area (Å²) in [6.07, 6.45) is 5.90. The van der Waals surface area contributed by atoms with Crippen LogP contribution >= 0.6 is 0 Å². The third-order valence-corrected chi connectivity index (χ3v) is 3.09. The van der Waals surface area contributed by atoms with Gasteiger partial charge in [-0.15, -0.1) is 0 Å². The molecule has 1 aliphatic rings. The Hall–Kier alpha value is -0.570. The van der Waals surface area contributed by atoms with Gasteiger partial charge < -0.3 is 9.64 Å². The summed E-state index contributed by atoms with van der Waals surface area (Å²) in [5, 5.41) is 0. The molecule has 1 aliphatic carbocycles. The van der Waals surface area contributed by atoms with E-state index in [0.29, 0.717) is 19.1 Å². The molecule has 3 nitrogen and oxygen atoms in total. The van der Waals surface area contributed by atoms with Crippen LogP contribution in [0.15, 0.2) is 0 Å². The van der Waals surface area contributed by atoms with E-state index in [1.165, 1.54) is 25.7 Å². The molecule has 0 aromatic heterocycles. The van der Waals surface area contributed by atoms with Gasteiger partial charge in [0.15, 0.2) is 0 Å². The van der Waals surface area contributed by atoms with Gasteiger partial charge in [-0.2, -0.15) is 0 Å². The van der Waals surface area contributed by atoms with Gasteiger partial charge in [0.25, 0.3) is 0 Å². The maximum atomic E-state index is 11.6. The zero-order valence-corrected chi connectivity index (χ0v) is 10.00. The largest absolute Gasteiger partial charge is 0.378 e. The van der Waals surface area contributed by atoms with E-state index in [0.717, 1.165) is 13.1 Å². The van der Waals surface area contributed by atoms with Crippen LogP contribution in [0.3, 0.4) is 0 Å². The Morgan fingerprint density at radius 3 is 2.40 bits per heavy atom. The lowest BCUT2D eigenvalue weighted by Gasteiger charge is -2.19. The van der Waals surface area contributed by atoms with Crippen LogP contribution < -0.4 is 0 Å². The van der Waals surface area contributed by atoms with Crippen LogP contribution in [0, 0.1) is 0 Å². The number of carbonyl (C=O) groups is 1. The van der Waals surface area contributed by atoms with Crippen molar-refractivity contribution < 1.29 is 9.53 Å². The van der Waals surface area contributed by atoms with Gasteiger partial charge >= 0.3 is 0 Å². The van der Waals surface area contributed by atoms with Gasteiger partial charge in [-0.3, -0.25) is 4.79 Å². The van der Waals surface area contributed by atoms with Crippen LogP contribution in [0.5, 0.6) is 0 Å². The van der Waals surface area contributed by atoms with E-state index in [9.17, 15) is 4.79 Å². The van der Waals surface area contributed by atoms with Crippen molar-refractivity contribution in [1.29, 1.82) is 0 Å². The molecule has 0 bridgehead atoms. The van der Waals surface area contributed by atoms with Gasteiger partial charge in [0.05, 0.1) is 19.1 Å². The van der Waals surface area contributed by atoms with Crippen LogP contribution in [0.4, 0.5) is 0 Å². The Balaban J connectivity index is 2.10. The van der Waals surface area contributed by atoms with Crippen LogP contribution in [-0.4, -0.2) is 36.6 Å². The van der Waals surface area contributed by atoms with Crippen molar-refractivity contribution in [3.8, 4) is 0 Å². The molecule has 0 spiro atoms. The second-order valence-corrected chi connectivity index (χ2v) is 4.09. The van der Waals surface area contributed by atoms with Gasteiger partial charge in [0, 0.05) is 13.1 Å². The monoisotopic (exact) mass is 213 g/mol. The fourth-order valence-corrected chi connectivity index (χ4v) is 2.10. The van der Waals surface area contributed by atoms with E-state index in [1.54, 1.807) is 0 Å². The molecule has 0 aliphatic heterocycles. The lowest BCUT2D eigenvalue weighted by atomic mass is 10.3. The molecule has 1 rings (SSSR count). The first-order chi connectivity index (χ1) is 7.27. The predicted octanol–water partition coefficient (Wildman–Crippen LogP) is 2.20. The highest BCUT2D eigenvalue weighted by molar-refractivity contribution is 5.76. The average molecular weight is 213 g/mol. The van der Waals surface area contributed by atoms with Crippen molar-refractivity contribution in [2.75, 3.05) is 19.7 Å². The van der Waals surface area contributed by atoms with E-state index >= 15 is 0 Å². The van der Waals surface area contributed by atoms with Crippen molar-refractivity contribution in [3.05, 3.63) is 0 Å². The topological polar surface area (TPSA) is 29.5 Å². The van der Waals surface area contributed by atoms with E-state index in [2.05, 4.69) is 0 Å². The van der Waals surface area contributed by atoms with Gasteiger partial charge in [-0.1, -0.05) is 12.8 Å². The third-order valence-electron chi connectivity index (χ3n) is 3.09. The number of nitrogens with zero attached hydrogens (tertiary/aromatic N) is 1. The van der Waals surface area contributed by atoms with E-state index in [1.807, 2.05) is 18.7 Å². The molecule has 1 amide bonds. The zero-order valence-electron chi connectivity index (χ0n) is 10.00. The molecule has 88 valence electrons. The van der Waals surface area contributed by atoms with Crippen LogP contribution in [0.1, 0.15) is 46.0 Å². The summed E-state index contributed by atoms with van der Waals surface area (Å²) in [4.78, 5) is 13.5. The van der Waals surface area contributed by atoms with Crippen molar-refractivity contribution in [1.82, 2.24) is 4.90 Å². The molecule has 1 saturated carbocycles. The highest BCUT2D eigenvalue weighted by atomic mass is 16.5. The van der Waals surface area contributed by atoms with Gasteiger partial charge in [0.1, 0.15) is 0 Å². The second-order valence-electron chi connectivity index (χ2n) is 4.09. The summed E-state index contributed by atoms with van der Waals surface area (Å²) in [5.41, 5.74) is 0. The Bertz CT molecular complexity index is 184. The molecule has 15 heavy (non-hydrogen) atoms. The fraction of sp³-hybridized carbons (Fsp3) is 0.917. The van der Waals surface area contributed by atoms with Gasteiger partial charge in [-0.25, -0.2) is 0 Å². The quantitative estimate of drug-likeness (QED) is 0.677. The van der Waals surface area contributed by atoms with Crippen LogP contribution in [-0.2, 0) is 9.53 Å². The molecule has 0 heterocycles. The fourth-order valence-electron chi connectivity index (χ4n) is 2.10. The molecule has 0 unspecified atom stereocenters. The first kappa shape index (κ1) is 12.5. The van der Waals surface area contributed by atoms with Gasteiger partial charge in [0.2, 0.25) is 5.91 Å². The predicted molar refractivity (Wildman–Crippen MR) is 60.8 cm³/mol. The number of amides is 1. The number of rotatable bonds is 6. The summed E-state index contributed by atoms with van der Waals surface area (Å²) in [6.45, 7) is 6.23. The molecule has 0 atom stereocenters. The number of hydrogen-bond acceptors (Lipinski definition) is 2. The smallest absolute Gasteiger partial charge is 0.224 e. The maximum absolute atomic E-state index is 11.6. The maximum Gasteiger partial charge on any atom is 0.224 e. The average Bonchev–Trinajstić information content (AvgIpc) is 2.72. The minimum Gasteiger partial charge on any atom is -0.378 e. The Labute approximate surface area is 92.8 Å². The molecule has 0 N–H and O–H groups in total. The van der Waals surface area contributed by atoms with E-state index < -0.39 is 0 Å². The summed E-state index contributed by atoms with van der Waals surface area (Å²) in [6, 6.07) is 0. The summed E-state index contributed by atoms with van der Waals surface area (Å²) >= 11 is 0. The molecule has 0 saturated heterocycles. The number of carbonyl (C=O) groups excluding carboxylic acids is 1. The zero-order chi connectivity index (χ0) is 11.1. The molecule has 0 aromatic carbocycles. The Kier molecular flexibility index (Phi) is 5.69. The summed E-state index contributed by atoms with van der Waals surface area (Å²) in [5.74, 6) is 0.220. The van der Waals surface area contributed by atoms with Crippen molar-refractivity contribution in [2.24, 2.45) is 0 Å². The Morgan fingerprint density at radius 1 is 1.27 bits per heavy atom. The van der Waals surface area contributed by atoms with E-state index in [4.69, 9.17) is 4.74 Å². The van der Waals surface area contributed by atoms with Gasteiger partial charge in [-0.05, 0) is 26.7 Å². The van der Waals surface area contributed by atoms with Crippen molar-refractivity contribution >= 4 is 5.91 Å². The number of ether oxygens (including phenoxy) is 1. The SMILES string of the molecule is CCN(CC)C(=O)CCOC1CCCC1. The molecular formula is C12H23NO2.